The first-order chi connectivity index (χ1) is 34.3. The molecule has 0 aromatic heterocycles. The van der Waals surface area contributed by atoms with Crippen LogP contribution in [0.1, 0.15) is 105 Å². The Balaban J connectivity index is 0.000000267. The predicted molar refractivity (Wildman–Crippen MR) is 289 cm³/mol. The fourth-order valence-electron chi connectivity index (χ4n) is 9.64. The molecule has 0 saturated carbocycles. The number of carboxylic acid groups (broad SMARTS) is 2. The van der Waals surface area contributed by atoms with E-state index < -0.39 is 67.9 Å². The van der Waals surface area contributed by atoms with Crippen LogP contribution in [0.3, 0.4) is 0 Å². The number of aliphatic carboxylic acids is 2. The third kappa shape index (κ3) is 14.9. The van der Waals surface area contributed by atoms with Gasteiger partial charge in [-0.25, -0.2) is 26.4 Å². The quantitative estimate of drug-likeness (QED) is 0.0481. The standard InChI is InChI=1S/2C27H37NO6S2/c2*1-4-6-13-27(14-7-5-2)18-28(20-11-9-8-10-12-20)21-15-24(35-3)23(34-17-22(29)26(30)31)16-25(21)36(32,33)19-27/h2*8-12,15-16,22,29H,4-7,13-14,17-19H2,1-3H3,(H,30,31)/t2*22-/m10/s1. The third-order valence-corrected chi connectivity index (χ3v) is 19.0. The Hall–Kier alpha value is -4.46. The maximum absolute atomic E-state index is 14.0. The number of aliphatic hydroxyl groups excluding tert-OH is 2. The van der Waals surface area contributed by atoms with Gasteiger partial charge in [0.25, 0.3) is 0 Å². The number of aliphatic hydroxyl groups is 2. The van der Waals surface area contributed by atoms with Gasteiger partial charge in [0.05, 0.1) is 42.5 Å². The van der Waals surface area contributed by atoms with E-state index in [2.05, 4.69) is 37.5 Å². The average Bonchev–Trinajstić information content (AvgIpc) is 3.53. The van der Waals surface area contributed by atoms with Gasteiger partial charge in [0.1, 0.15) is 24.7 Å². The molecule has 4 N–H and O–H groups in total. The topological polar surface area (TPSA) is 208 Å². The van der Waals surface area contributed by atoms with Crippen molar-refractivity contribution >= 4 is 77.9 Å². The van der Waals surface area contributed by atoms with Gasteiger partial charge in [-0.3, -0.25) is 0 Å². The molecule has 0 amide bonds. The van der Waals surface area contributed by atoms with Gasteiger partial charge < -0.3 is 39.7 Å². The molecule has 2 aliphatic heterocycles. The molecule has 2 heterocycles. The van der Waals surface area contributed by atoms with Gasteiger partial charge >= 0.3 is 11.9 Å². The van der Waals surface area contributed by atoms with Gasteiger partial charge in [0, 0.05) is 47.4 Å². The van der Waals surface area contributed by atoms with Crippen LogP contribution < -0.4 is 19.3 Å². The summed E-state index contributed by atoms with van der Waals surface area (Å²) in [5, 5.41) is 37.4. The van der Waals surface area contributed by atoms with Crippen molar-refractivity contribution in [1.82, 2.24) is 0 Å². The van der Waals surface area contributed by atoms with Crippen LogP contribution in [0.2, 0.25) is 0 Å². The van der Waals surface area contributed by atoms with E-state index in [-0.39, 0.29) is 32.8 Å². The monoisotopic (exact) mass is 1070 g/mol. The van der Waals surface area contributed by atoms with E-state index in [1.165, 1.54) is 35.7 Å². The number of hydrogen-bond acceptors (Lipinski definition) is 14. The number of rotatable bonds is 24. The van der Waals surface area contributed by atoms with E-state index in [0.29, 0.717) is 34.3 Å². The number of carbonyl (C=O) groups is 2. The molecular weight excluding hydrogens is 997 g/mol. The number of fused-ring (bicyclic) bond motifs is 2. The van der Waals surface area contributed by atoms with Crippen molar-refractivity contribution in [2.24, 2.45) is 10.8 Å². The van der Waals surface area contributed by atoms with Crippen LogP contribution in [-0.2, 0) is 29.3 Å². The largest absolute Gasteiger partial charge is 0.489 e. The summed E-state index contributed by atoms with van der Waals surface area (Å²) in [6.45, 7) is 8.75. The van der Waals surface area contributed by atoms with Crippen molar-refractivity contribution in [1.29, 1.82) is 0 Å². The molecule has 0 spiro atoms. The van der Waals surface area contributed by atoms with Gasteiger partial charge in [0.2, 0.25) is 0 Å². The van der Waals surface area contributed by atoms with Crippen molar-refractivity contribution < 1.29 is 56.3 Å². The molecule has 2 aliphatic rings. The first-order valence-corrected chi connectivity index (χ1v) is 30.7. The maximum atomic E-state index is 14.0. The summed E-state index contributed by atoms with van der Waals surface area (Å²) >= 11 is 2.77. The van der Waals surface area contributed by atoms with Crippen LogP contribution >= 0.6 is 23.5 Å². The van der Waals surface area contributed by atoms with E-state index >= 15 is 0 Å². The Morgan fingerprint density at radius 1 is 0.569 bits per heavy atom. The van der Waals surface area contributed by atoms with Crippen molar-refractivity contribution in [3.8, 4) is 11.5 Å². The van der Waals surface area contributed by atoms with Gasteiger partial charge in [-0.2, -0.15) is 0 Å². The Kier molecular flexibility index (Phi) is 21.6. The molecule has 72 heavy (non-hydrogen) atoms. The van der Waals surface area contributed by atoms with Crippen LogP contribution in [0.15, 0.2) is 105 Å². The lowest BCUT2D eigenvalue weighted by atomic mass is 9.79. The number of anilines is 4. The summed E-state index contributed by atoms with van der Waals surface area (Å²) in [5.74, 6) is -2.18. The number of sulfone groups is 2. The first kappa shape index (κ1) is 58.4. The highest BCUT2D eigenvalue weighted by atomic mass is 32.2. The molecule has 18 heteroatoms. The zero-order valence-electron chi connectivity index (χ0n) is 42.5. The Morgan fingerprint density at radius 3 is 1.17 bits per heavy atom. The normalized spacial score (nSPS) is 17.2. The fraction of sp³-hybridized carbons (Fsp3) is 0.519. The van der Waals surface area contributed by atoms with Crippen LogP contribution in [-0.4, -0.2) is 112 Å². The lowest BCUT2D eigenvalue weighted by Gasteiger charge is -2.37. The zero-order chi connectivity index (χ0) is 52.7. The molecule has 0 radical (unpaired) electrons. The molecule has 4 aromatic carbocycles. The molecule has 2 atom stereocenters. The minimum atomic E-state index is -3.70. The highest BCUT2D eigenvalue weighted by molar-refractivity contribution is 7.99. The van der Waals surface area contributed by atoms with Gasteiger partial charge in [-0.05, 0) is 74.6 Å². The summed E-state index contributed by atoms with van der Waals surface area (Å²) in [6.07, 6.45) is 11.4. The number of ether oxygens (including phenoxy) is 2. The van der Waals surface area contributed by atoms with Crippen molar-refractivity contribution in [2.45, 2.75) is 137 Å². The van der Waals surface area contributed by atoms with Crippen LogP contribution in [0, 0.1) is 10.8 Å². The number of thioether (sulfide) groups is 2. The highest BCUT2D eigenvalue weighted by Gasteiger charge is 2.44. The molecule has 0 unspecified atom stereocenters. The van der Waals surface area contributed by atoms with E-state index in [1.807, 2.05) is 85.3 Å². The number of carboxylic acids is 2. The molecule has 4 aromatic rings. The molecule has 6 rings (SSSR count). The molecule has 396 valence electrons. The highest BCUT2D eigenvalue weighted by Crippen LogP contribution is 2.50. The number of hydrogen-bond donors (Lipinski definition) is 4. The number of benzene rings is 4. The fourth-order valence-corrected chi connectivity index (χ4v) is 15.0. The minimum absolute atomic E-state index is 0.0478. The van der Waals surface area contributed by atoms with Crippen LogP contribution in [0.5, 0.6) is 11.5 Å². The SMILES string of the molecule is CCCCC1(CCCC)CN(c2ccccc2)c2cc(SC)c(OC[C@@H](O)C(=O)O)cc2S(=O)(=O)C1.CCCCC1(CCCC)CN(c2ccccc2)c2cc(SC)c(OC[C@H](O)C(=O)O)cc2S(=O)(=O)C1. The van der Waals surface area contributed by atoms with Crippen LogP contribution in [0.25, 0.3) is 0 Å². The van der Waals surface area contributed by atoms with E-state index in [9.17, 15) is 36.6 Å². The van der Waals surface area contributed by atoms with E-state index in [4.69, 9.17) is 19.7 Å². The average molecular weight is 1070 g/mol. The second-order valence-electron chi connectivity index (χ2n) is 19.0. The van der Waals surface area contributed by atoms with Crippen molar-refractivity contribution in [3.05, 3.63) is 84.9 Å². The van der Waals surface area contributed by atoms with E-state index in [0.717, 1.165) is 88.4 Å². The summed E-state index contributed by atoms with van der Waals surface area (Å²) in [5.41, 5.74) is 2.25. The maximum Gasteiger partial charge on any atom is 0.336 e. The minimum Gasteiger partial charge on any atom is -0.489 e. The summed E-state index contributed by atoms with van der Waals surface area (Å²) in [7, 11) is -7.40. The number of unbranched alkanes of at least 4 members (excludes halogenated alkanes) is 4. The van der Waals surface area contributed by atoms with E-state index in [1.54, 1.807) is 0 Å². The second-order valence-corrected chi connectivity index (χ2v) is 24.7. The van der Waals surface area contributed by atoms with Gasteiger partial charge in [-0.1, -0.05) is 115 Å². The lowest BCUT2D eigenvalue weighted by Crippen LogP contribution is -2.38. The van der Waals surface area contributed by atoms with Gasteiger partial charge in [0.15, 0.2) is 31.9 Å². The summed E-state index contributed by atoms with van der Waals surface area (Å²) in [4.78, 5) is 28.1. The Labute approximate surface area is 435 Å². The lowest BCUT2D eigenvalue weighted by molar-refractivity contribution is -0.148. The van der Waals surface area contributed by atoms with Crippen molar-refractivity contribution in [3.63, 3.8) is 0 Å². The molecule has 0 fully saturated rings. The number of nitrogens with zero attached hydrogens (tertiary/aromatic N) is 2. The summed E-state index contributed by atoms with van der Waals surface area (Å²) < 4.78 is 67.2. The second kappa shape index (κ2) is 26.7. The number of para-hydroxylation sites is 2. The molecule has 0 saturated heterocycles. The van der Waals surface area contributed by atoms with Crippen molar-refractivity contribution in [2.75, 3.05) is 60.1 Å². The van der Waals surface area contributed by atoms with Gasteiger partial charge in [-0.15, -0.1) is 23.5 Å². The first-order valence-electron chi connectivity index (χ1n) is 24.9. The van der Waals surface area contributed by atoms with Crippen LogP contribution in [0.4, 0.5) is 22.7 Å². The smallest absolute Gasteiger partial charge is 0.336 e. The zero-order valence-corrected chi connectivity index (χ0v) is 45.8. The third-order valence-electron chi connectivity index (χ3n) is 13.5. The molecule has 14 nitrogen and oxygen atoms in total. The molecule has 0 aliphatic carbocycles. The molecular formula is C54H74N2O12S4. The molecule has 0 bridgehead atoms. The summed E-state index contributed by atoms with van der Waals surface area (Å²) in [6, 6.07) is 26.4. The predicted octanol–water partition coefficient (Wildman–Crippen LogP) is 11.0. The Morgan fingerprint density at radius 2 is 0.889 bits per heavy atom. The Bertz CT molecular complexity index is 2440.